The summed E-state index contributed by atoms with van der Waals surface area (Å²) in [6, 6.07) is 11.0. The molecule has 0 saturated carbocycles. The first-order valence-electron chi connectivity index (χ1n) is 10.3. The van der Waals surface area contributed by atoms with Gasteiger partial charge in [0.05, 0.1) is 5.39 Å². The Morgan fingerprint density at radius 1 is 0.742 bits per heavy atom. The van der Waals surface area contributed by atoms with Crippen molar-refractivity contribution in [1.82, 2.24) is 0 Å². The van der Waals surface area contributed by atoms with Crippen LogP contribution >= 0.6 is 0 Å². The van der Waals surface area contributed by atoms with Crippen molar-refractivity contribution in [3.63, 3.8) is 0 Å². The van der Waals surface area contributed by atoms with Gasteiger partial charge in [-0.1, -0.05) is 45.0 Å². The summed E-state index contributed by atoms with van der Waals surface area (Å²) < 4.78 is 16.2. The Hall–Kier alpha value is -3.67. The third kappa shape index (κ3) is 3.65. The van der Waals surface area contributed by atoms with E-state index in [1.54, 1.807) is 19.9 Å². The van der Waals surface area contributed by atoms with Crippen molar-refractivity contribution in [2.75, 3.05) is 0 Å². The first-order chi connectivity index (χ1) is 15.0. The number of carbonyl (C=O) groups is 2. The zero-order valence-corrected chi connectivity index (χ0v) is 17.6. The molecule has 0 N–H and O–H groups in total. The van der Waals surface area contributed by atoms with Crippen LogP contribution in [0.4, 0.5) is 0 Å². The second-order valence-corrected chi connectivity index (χ2v) is 7.22. The van der Waals surface area contributed by atoms with Crippen molar-refractivity contribution < 1.29 is 23.5 Å². The molecule has 31 heavy (non-hydrogen) atoms. The lowest BCUT2D eigenvalue weighted by Gasteiger charge is -2.11. The van der Waals surface area contributed by atoms with Gasteiger partial charge in [-0.25, -0.2) is 4.79 Å². The summed E-state index contributed by atoms with van der Waals surface area (Å²) in [5, 5.41) is 4.39. The van der Waals surface area contributed by atoms with E-state index in [-0.39, 0.29) is 29.7 Å². The molecule has 1 aromatic heterocycles. The largest absolute Gasteiger partial charge is 0.430 e. The molecule has 0 spiro atoms. The van der Waals surface area contributed by atoms with Crippen LogP contribution in [0.15, 0.2) is 51.9 Å². The van der Waals surface area contributed by atoms with Crippen LogP contribution < -0.4 is 15.1 Å². The van der Waals surface area contributed by atoms with Crippen LogP contribution in [0.25, 0.3) is 32.3 Å². The highest BCUT2D eigenvalue weighted by atomic mass is 16.6. The molecule has 0 aliphatic rings. The summed E-state index contributed by atoms with van der Waals surface area (Å²) in [7, 11) is 0. The number of hydrogen-bond donors (Lipinski definition) is 0. The molecule has 6 nitrogen and oxygen atoms in total. The Bertz CT molecular complexity index is 1400. The molecule has 1 heterocycles. The van der Waals surface area contributed by atoms with Gasteiger partial charge in [-0.15, -0.1) is 0 Å². The summed E-state index contributed by atoms with van der Waals surface area (Å²) >= 11 is 0. The Kier molecular flexibility index (Phi) is 5.46. The molecule has 4 aromatic rings. The van der Waals surface area contributed by atoms with E-state index in [1.807, 2.05) is 18.2 Å². The zero-order valence-electron chi connectivity index (χ0n) is 17.6. The Balaban J connectivity index is 2.09. The number of esters is 2. The van der Waals surface area contributed by atoms with Gasteiger partial charge < -0.3 is 13.9 Å². The van der Waals surface area contributed by atoms with Gasteiger partial charge in [-0.3, -0.25) is 9.59 Å². The lowest BCUT2D eigenvalue weighted by atomic mass is 10.0. The lowest BCUT2D eigenvalue weighted by Crippen LogP contribution is -2.11. The Labute approximate surface area is 178 Å². The van der Waals surface area contributed by atoms with Gasteiger partial charge in [-0.2, -0.15) is 0 Å². The van der Waals surface area contributed by atoms with Crippen molar-refractivity contribution >= 4 is 44.3 Å². The lowest BCUT2D eigenvalue weighted by molar-refractivity contribution is -0.136. The fourth-order valence-corrected chi connectivity index (χ4v) is 3.72. The minimum atomic E-state index is -0.580. The second-order valence-electron chi connectivity index (χ2n) is 7.22. The van der Waals surface area contributed by atoms with E-state index in [0.717, 1.165) is 28.0 Å². The SMILES string of the molecule is CCC(=O)Oc1cc2c(=O)occ3c4ccc(CC)c4ccc3c2cc1OC(=O)CC. The predicted octanol–water partition coefficient (Wildman–Crippen LogP) is 5.29. The number of aryl methyl sites for hydroxylation is 1. The van der Waals surface area contributed by atoms with E-state index in [4.69, 9.17) is 13.9 Å². The van der Waals surface area contributed by atoms with Gasteiger partial charge in [0.2, 0.25) is 0 Å². The number of fused-ring (bicyclic) bond motifs is 5. The molecule has 4 rings (SSSR count). The van der Waals surface area contributed by atoms with Crippen LogP contribution in [0.5, 0.6) is 11.5 Å². The van der Waals surface area contributed by atoms with Gasteiger partial charge in [0.1, 0.15) is 6.26 Å². The van der Waals surface area contributed by atoms with Crippen LogP contribution in [0.1, 0.15) is 39.2 Å². The Morgan fingerprint density at radius 2 is 1.29 bits per heavy atom. The van der Waals surface area contributed by atoms with E-state index in [1.165, 1.54) is 17.9 Å². The van der Waals surface area contributed by atoms with E-state index in [9.17, 15) is 14.4 Å². The van der Waals surface area contributed by atoms with E-state index in [2.05, 4.69) is 13.0 Å². The molecule has 0 unspecified atom stereocenters. The van der Waals surface area contributed by atoms with E-state index in [0.29, 0.717) is 5.39 Å². The average Bonchev–Trinajstić information content (AvgIpc) is 3.15. The minimum Gasteiger partial charge on any atom is -0.430 e. The molecule has 0 saturated heterocycles. The molecule has 0 bridgehead atoms. The zero-order chi connectivity index (χ0) is 22.1. The van der Waals surface area contributed by atoms with Crippen molar-refractivity contribution in [3.05, 3.63) is 58.6 Å². The molecule has 158 valence electrons. The fourth-order valence-electron chi connectivity index (χ4n) is 3.72. The van der Waals surface area contributed by atoms with Gasteiger partial charge in [0.15, 0.2) is 11.5 Å². The molecule has 0 aliphatic heterocycles. The third-order valence-electron chi connectivity index (χ3n) is 5.37. The quantitative estimate of drug-likeness (QED) is 0.323. The van der Waals surface area contributed by atoms with Crippen LogP contribution in [0.3, 0.4) is 0 Å². The van der Waals surface area contributed by atoms with Gasteiger partial charge in [0, 0.05) is 23.6 Å². The molecular weight excluding hydrogens is 396 g/mol. The van der Waals surface area contributed by atoms with Crippen molar-refractivity contribution in [2.45, 2.75) is 40.0 Å². The first-order valence-corrected chi connectivity index (χ1v) is 10.3. The number of benzene rings is 2. The summed E-state index contributed by atoms with van der Waals surface area (Å²) in [5.74, 6) is -0.885. The van der Waals surface area contributed by atoms with Crippen molar-refractivity contribution in [3.8, 4) is 11.5 Å². The van der Waals surface area contributed by atoms with Gasteiger partial charge in [-0.05, 0) is 40.3 Å². The van der Waals surface area contributed by atoms with Crippen LogP contribution in [-0.4, -0.2) is 11.9 Å². The maximum atomic E-state index is 12.8. The van der Waals surface area contributed by atoms with Crippen molar-refractivity contribution in [1.29, 1.82) is 0 Å². The maximum absolute atomic E-state index is 12.8. The number of carbonyl (C=O) groups excluding carboxylic acids is 2. The van der Waals surface area contributed by atoms with Gasteiger partial charge in [0.25, 0.3) is 0 Å². The van der Waals surface area contributed by atoms with Crippen LogP contribution in [-0.2, 0) is 16.0 Å². The smallest absolute Gasteiger partial charge is 0.343 e. The highest BCUT2D eigenvalue weighted by Crippen LogP contribution is 2.37. The average molecular weight is 418 g/mol. The van der Waals surface area contributed by atoms with E-state index >= 15 is 0 Å². The van der Waals surface area contributed by atoms with Gasteiger partial charge >= 0.3 is 17.6 Å². The third-order valence-corrected chi connectivity index (χ3v) is 5.37. The highest BCUT2D eigenvalue weighted by Gasteiger charge is 2.18. The molecule has 0 amide bonds. The Morgan fingerprint density at radius 3 is 1.90 bits per heavy atom. The molecule has 0 radical (unpaired) electrons. The van der Waals surface area contributed by atoms with Crippen molar-refractivity contribution in [2.24, 2.45) is 0 Å². The summed E-state index contributed by atoms with van der Waals surface area (Å²) in [6.07, 6.45) is 2.63. The molecule has 3 aromatic carbocycles. The maximum Gasteiger partial charge on any atom is 0.343 e. The highest BCUT2D eigenvalue weighted by molar-refractivity contribution is 6.16. The molecule has 0 fully saturated rings. The minimum absolute atomic E-state index is 0.00968. The molecular formula is C25H22O6. The summed E-state index contributed by atoms with van der Waals surface area (Å²) in [6.45, 7) is 5.41. The molecule has 6 heteroatoms. The molecule has 0 aliphatic carbocycles. The number of ether oxygens (including phenoxy) is 2. The van der Waals surface area contributed by atoms with Crippen LogP contribution in [0.2, 0.25) is 0 Å². The topological polar surface area (TPSA) is 82.8 Å². The normalized spacial score (nSPS) is 11.2. The second kappa shape index (κ2) is 8.22. The number of rotatable bonds is 5. The fraction of sp³-hybridized carbons (Fsp3) is 0.240. The van der Waals surface area contributed by atoms with Crippen LogP contribution in [0, 0.1) is 0 Å². The first kappa shape index (κ1) is 20.6. The van der Waals surface area contributed by atoms with E-state index < -0.39 is 17.6 Å². The molecule has 0 atom stereocenters. The monoisotopic (exact) mass is 418 g/mol. The predicted molar refractivity (Wildman–Crippen MR) is 119 cm³/mol. The number of hydrogen-bond acceptors (Lipinski definition) is 6. The summed E-state index contributed by atoms with van der Waals surface area (Å²) in [5.41, 5.74) is 0.630. The standard InChI is InChI=1S/C25H22O6/c1-4-14-7-8-16-15(14)9-10-17-18-11-21(30-23(26)5-2)22(31-24(27)6-3)12-19(18)25(28)29-13-20(16)17/h7-13H,4-6H2,1-3H3. The summed E-state index contributed by atoms with van der Waals surface area (Å²) in [4.78, 5) is 36.6.